The fraction of sp³-hybridized carbons (Fsp3) is 0.455. The molecule has 41 heavy (non-hydrogen) atoms. The van der Waals surface area contributed by atoms with Crippen LogP contribution in [0.5, 0.6) is 0 Å². The lowest BCUT2D eigenvalue weighted by molar-refractivity contribution is -0.164. The molecule has 0 aromatic heterocycles. The third-order valence-corrected chi connectivity index (χ3v) is 7.54. The summed E-state index contributed by atoms with van der Waals surface area (Å²) in [5, 5.41) is 19.1. The molecule has 2 aromatic rings. The molecule has 2 fully saturated rings. The highest BCUT2D eigenvalue weighted by molar-refractivity contribution is 5.99. The summed E-state index contributed by atoms with van der Waals surface area (Å²) in [6, 6.07) is 17.7. The molecule has 0 saturated heterocycles. The van der Waals surface area contributed by atoms with Gasteiger partial charge in [0.2, 0.25) is 0 Å². The predicted octanol–water partition coefficient (Wildman–Crippen LogP) is 5.92. The van der Waals surface area contributed by atoms with Gasteiger partial charge in [-0.15, -0.1) is 0 Å². The van der Waals surface area contributed by atoms with Crippen LogP contribution in [0.4, 0.5) is 0 Å². The minimum Gasteiger partial charge on any atom is -0.480 e. The Morgan fingerprint density at radius 3 is 1.27 bits per heavy atom. The van der Waals surface area contributed by atoms with E-state index in [2.05, 4.69) is 0 Å². The molecule has 0 spiro atoms. The van der Waals surface area contributed by atoms with Crippen LogP contribution in [0.15, 0.2) is 72.8 Å². The molecule has 4 rings (SSSR count). The lowest BCUT2D eigenvalue weighted by Crippen LogP contribution is -2.43. The minimum absolute atomic E-state index is 0.0234. The highest BCUT2D eigenvalue weighted by atomic mass is 16.5. The number of carboxylic acid groups (broad SMARTS) is 2. The molecule has 0 unspecified atom stereocenters. The van der Waals surface area contributed by atoms with Crippen LogP contribution in [0.1, 0.15) is 75.3 Å². The summed E-state index contributed by atoms with van der Waals surface area (Å²) >= 11 is 0. The molecule has 2 aliphatic rings. The maximum Gasteiger partial charge on any atom is 0.331 e. The van der Waals surface area contributed by atoms with Crippen molar-refractivity contribution in [3.8, 4) is 0 Å². The summed E-state index contributed by atoms with van der Waals surface area (Å²) in [7, 11) is 0. The zero-order chi connectivity index (χ0) is 29.5. The number of carboxylic acids is 2. The number of esters is 2. The van der Waals surface area contributed by atoms with Gasteiger partial charge in [-0.05, 0) is 75.3 Å². The van der Waals surface area contributed by atoms with E-state index in [1.165, 1.54) is 25.0 Å². The third-order valence-electron chi connectivity index (χ3n) is 7.54. The number of carbonyl (C=O) groups excluding carboxylic acids is 2. The van der Waals surface area contributed by atoms with Gasteiger partial charge in [-0.2, -0.15) is 0 Å². The van der Waals surface area contributed by atoms with Crippen molar-refractivity contribution >= 4 is 23.9 Å². The molecule has 2 aliphatic carbocycles. The molecule has 8 nitrogen and oxygen atoms in total. The molecule has 2 aromatic carbocycles. The van der Waals surface area contributed by atoms with Crippen LogP contribution in [0.3, 0.4) is 0 Å². The van der Waals surface area contributed by atoms with Crippen molar-refractivity contribution in [3.63, 3.8) is 0 Å². The van der Waals surface area contributed by atoms with Gasteiger partial charge in [0.15, 0.2) is 5.41 Å². The largest absolute Gasteiger partial charge is 0.480 e. The third kappa shape index (κ3) is 10.5. The van der Waals surface area contributed by atoms with Crippen LogP contribution in [0.2, 0.25) is 0 Å². The summed E-state index contributed by atoms with van der Waals surface area (Å²) in [6.45, 7) is 0. The highest BCUT2D eigenvalue weighted by Gasteiger charge is 2.46. The second-order valence-electron chi connectivity index (χ2n) is 10.7. The van der Waals surface area contributed by atoms with Crippen LogP contribution in [0, 0.1) is 5.41 Å². The predicted molar refractivity (Wildman–Crippen MR) is 153 cm³/mol. The Kier molecular flexibility index (Phi) is 12.6. The Hall–Kier alpha value is -3.94. The second kappa shape index (κ2) is 16.4. The standard InChI is InChI=1S/C17H16O4.C16H24O4/c18-15(19)17(16(20)21,11-13-7-3-1-4-8-13)12-14-9-5-2-6-10-14;17-15(19-13-7-3-1-4-8-13)11-12-16(18)20-14-9-5-2-6-10-14/h1-10H,11-12H2,(H,18,19)(H,20,21);11-14H,1-10H2/b;12-11-. The normalized spacial score (nSPS) is 16.3. The summed E-state index contributed by atoms with van der Waals surface area (Å²) in [5.41, 5.74) is -0.473. The molecule has 0 aliphatic heterocycles. The number of ether oxygens (including phenoxy) is 2. The van der Waals surface area contributed by atoms with Gasteiger partial charge in [-0.3, -0.25) is 9.59 Å². The molecule has 2 N–H and O–H groups in total. The molecule has 2 saturated carbocycles. The van der Waals surface area contributed by atoms with E-state index in [0.29, 0.717) is 11.1 Å². The summed E-state index contributed by atoms with van der Waals surface area (Å²) in [5.74, 6) is -3.50. The van der Waals surface area contributed by atoms with Crippen molar-refractivity contribution in [3.05, 3.63) is 83.9 Å². The van der Waals surface area contributed by atoms with Gasteiger partial charge in [-0.1, -0.05) is 73.5 Å². The average Bonchev–Trinajstić information content (AvgIpc) is 2.98. The first kappa shape index (κ1) is 31.6. The number of hydrogen-bond acceptors (Lipinski definition) is 6. The Morgan fingerprint density at radius 1 is 0.610 bits per heavy atom. The first-order valence-corrected chi connectivity index (χ1v) is 14.4. The average molecular weight is 565 g/mol. The molecule has 0 atom stereocenters. The van der Waals surface area contributed by atoms with Gasteiger partial charge in [0.1, 0.15) is 12.2 Å². The SMILES string of the molecule is O=C(/C=C\C(=O)OC1CCCCC1)OC1CCCCC1.O=C(O)C(Cc1ccccc1)(Cc1ccccc1)C(=O)O. The quantitative estimate of drug-likeness (QED) is 0.207. The van der Waals surface area contributed by atoms with Gasteiger partial charge >= 0.3 is 23.9 Å². The van der Waals surface area contributed by atoms with Crippen LogP contribution in [-0.2, 0) is 41.5 Å². The first-order valence-electron chi connectivity index (χ1n) is 14.4. The van der Waals surface area contributed by atoms with E-state index in [1.54, 1.807) is 48.5 Å². The second-order valence-corrected chi connectivity index (χ2v) is 10.7. The zero-order valence-corrected chi connectivity index (χ0v) is 23.4. The van der Waals surface area contributed by atoms with Crippen molar-refractivity contribution in [1.82, 2.24) is 0 Å². The highest BCUT2D eigenvalue weighted by Crippen LogP contribution is 2.29. The topological polar surface area (TPSA) is 127 Å². The maximum atomic E-state index is 11.7. The van der Waals surface area contributed by atoms with Gasteiger partial charge in [0.25, 0.3) is 0 Å². The number of hydrogen-bond donors (Lipinski definition) is 2. The van der Waals surface area contributed by atoms with Crippen molar-refractivity contribution in [1.29, 1.82) is 0 Å². The molecule has 0 heterocycles. The van der Waals surface area contributed by atoms with E-state index in [0.717, 1.165) is 51.4 Å². The smallest absolute Gasteiger partial charge is 0.331 e. The zero-order valence-electron chi connectivity index (χ0n) is 23.4. The van der Waals surface area contributed by atoms with Crippen LogP contribution in [-0.4, -0.2) is 46.3 Å². The number of aliphatic carboxylic acids is 2. The Balaban J connectivity index is 0.000000226. The molecule has 8 heteroatoms. The lowest BCUT2D eigenvalue weighted by Gasteiger charge is -2.25. The van der Waals surface area contributed by atoms with Crippen LogP contribution >= 0.6 is 0 Å². The molecule has 0 radical (unpaired) electrons. The maximum absolute atomic E-state index is 11.7. The fourth-order valence-corrected chi connectivity index (χ4v) is 5.25. The van der Waals surface area contributed by atoms with E-state index in [9.17, 15) is 29.4 Å². The molecular formula is C33H40O8. The van der Waals surface area contributed by atoms with Crippen molar-refractivity contribution < 1.29 is 38.9 Å². The fourth-order valence-electron chi connectivity index (χ4n) is 5.25. The van der Waals surface area contributed by atoms with E-state index in [4.69, 9.17) is 9.47 Å². The number of rotatable bonds is 10. The summed E-state index contributed by atoms with van der Waals surface area (Å²) < 4.78 is 10.6. The van der Waals surface area contributed by atoms with Gasteiger partial charge in [0.05, 0.1) is 0 Å². The molecule has 0 amide bonds. The van der Waals surface area contributed by atoms with Crippen LogP contribution < -0.4 is 0 Å². The number of carbonyl (C=O) groups is 4. The van der Waals surface area contributed by atoms with Gasteiger partial charge < -0.3 is 19.7 Å². The van der Waals surface area contributed by atoms with E-state index in [-0.39, 0.29) is 25.0 Å². The Labute approximate surface area is 241 Å². The van der Waals surface area contributed by atoms with Crippen LogP contribution in [0.25, 0.3) is 0 Å². The van der Waals surface area contributed by atoms with Gasteiger partial charge in [0, 0.05) is 12.2 Å². The van der Waals surface area contributed by atoms with E-state index < -0.39 is 29.3 Å². The minimum atomic E-state index is -1.86. The van der Waals surface area contributed by atoms with E-state index >= 15 is 0 Å². The van der Waals surface area contributed by atoms with Crippen molar-refractivity contribution in [2.45, 2.75) is 89.3 Å². The molecular weight excluding hydrogens is 524 g/mol. The van der Waals surface area contributed by atoms with E-state index in [1.807, 2.05) is 12.1 Å². The van der Waals surface area contributed by atoms with Crippen molar-refractivity contribution in [2.75, 3.05) is 0 Å². The Morgan fingerprint density at radius 2 is 0.951 bits per heavy atom. The monoisotopic (exact) mass is 564 g/mol. The lowest BCUT2D eigenvalue weighted by atomic mass is 9.76. The molecule has 220 valence electrons. The van der Waals surface area contributed by atoms with Gasteiger partial charge in [-0.25, -0.2) is 9.59 Å². The summed E-state index contributed by atoms with van der Waals surface area (Å²) in [4.78, 5) is 46.6. The number of benzene rings is 2. The summed E-state index contributed by atoms with van der Waals surface area (Å²) in [6.07, 6.45) is 13.0. The first-order chi connectivity index (χ1) is 19.8. The Bertz CT molecular complexity index is 1050. The molecule has 0 bridgehead atoms. The van der Waals surface area contributed by atoms with Crippen molar-refractivity contribution in [2.24, 2.45) is 5.41 Å².